The minimum absolute atomic E-state index is 0.349. The van der Waals surface area contributed by atoms with E-state index in [1.54, 1.807) is 6.07 Å². The fourth-order valence-electron chi connectivity index (χ4n) is 4.34. The predicted molar refractivity (Wildman–Crippen MR) is 116 cm³/mol. The van der Waals surface area contributed by atoms with Crippen molar-refractivity contribution in [1.82, 2.24) is 10.2 Å². The number of hydrogen-bond donors (Lipinski definition) is 1. The Bertz CT molecular complexity index is 891. The highest BCUT2D eigenvalue weighted by atomic mass is 19.1. The number of hydrogen-bond acceptors (Lipinski definition) is 4. The van der Waals surface area contributed by atoms with E-state index in [-0.39, 0.29) is 5.82 Å². The van der Waals surface area contributed by atoms with Crippen LogP contribution in [0.3, 0.4) is 0 Å². The van der Waals surface area contributed by atoms with Crippen LogP contribution in [0.4, 0.5) is 4.39 Å². The van der Waals surface area contributed by atoms with Gasteiger partial charge in [0.05, 0.1) is 12.3 Å². The van der Waals surface area contributed by atoms with Gasteiger partial charge >= 0.3 is 0 Å². The van der Waals surface area contributed by atoms with Crippen LogP contribution in [0.15, 0.2) is 54.2 Å². The third kappa shape index (κ3) is 4.90. The van der Waals surface area contributed by atoms with E-state index in [1.165, 1.54) is 44.5 Å². The Morgan fingerprint density at radius 1 is 1.10 bits per heavy atom. The van der Waals surface area contributed by atoms with E-state index in [1.807, 2.05) is 18.2 Å². The van der Waals surface area contributed by atoms with Crippen molar-refractivity contribution in [2.45, 2.75) is 38.1 Å². The number of piperidine rings is 1. The first kappa shape index (κ1) is 20.6. The third-order valence-electron chi connectivity index (χ3n) is 5.87. The van der Waals surface area contributed by atoms with Gasteiger partial charge in [0.1, 0.15) is 23.9 Å². The van der Waals surface area contributed by atoms with Crippen LogP contribution in [-0.4, -0.2) is 37.4 Å². The first-order chi connectivity index (χ1) is 14.7. The molecule has 2 aliphatic heterocycles. The number of halogens is 1. The van der Waals surface area contributed by atoms with Crippen LogP contribution in [0.5, 0.6) is 0 Å². The second-order valence-electron chi connectivity index (χ2n) is 8.06. The van der Waals surface area contributed by atoms with Gasteiger partial charge in [-0.15, -0.1) is 0 Å². The third-order valence-corrected chi connectivity index (χ3v) is 5.87. The number of rotatable bonds is 8. The van der Waals surface area contributed by atoms with Gasteiger partial charge in [0.25, 0.3) is 0 Å². The number of allylic oxidation sites excluding steroid dienone is 1. The number of ether oxygens (including phenoxy) is 1. The number of carbonyl (C=O) groups is 1. The molecule has 4 rings (SSSR count). The summed E-state index contributed by atoms with van der Waals surface area (Å²) in [5, 5.41) is 3.28. The number of carbonyl (C=O) groups excluding carboxylic acids is 1. The van der Waals surface area contributed by atoms with Gasteiger partial charge in [-0.05, 0) is 61.7 Å². The molecule has 4 nitrogen and oxygen atoms in total. The number of nitrogens with one attached hydrogen (secondary N) is 1. The van der Waals surface area contributed by atoms with E-state index in [0.29, 0.717) is 18.6 Å². The molecule has 2 aliphatic rings. The molecule has 5 heteroatoms. The fraction of sp³-hybridized carbons (Fsp3) is 0.400. The highest BCUT2D eigenvalue weighted by Crippen LogP contribution is 2.34. The Morgan fingerprint density at radius 2 is 1.90 bits per heavy atom. The van der Waals surface area contributed by atoms with Crippen molar-refractivity contribution in [1.29, 1.82) is 0 Å². The molecule has 1 N–H and O–H groups in total. The number of fused-ring (bicyclic) bond motifs is 1. The standard InChI is InChI=1S/C25H29FN2O2/c26-20-10-11-21-22(17-20)24(18-29)27-23(16-19-8-3-1-4-9-19)25(21)30-15-7-14-28-12-5-2-6-13-28/h1,3-4,8-11,17-18,24,27H,2,5-7,12-16H2. The number of benzene rings is 2. The minimum atomic E-state index is -0.574. The molecule has 0 spiro atoms. The lowest BCUT2D eigenvalue weighted by atomic mass is 9.93. The summed E-state index contributed by atoms with van der Waals surface area (Å²) in [6.45, 7) is 3.97. The molecule has 0 radical (unpaired) electrons. The van der Waals surface area contributed by atoms with Crippen molar-refractivity contribution >= 4 is 12.0 Å². The van der Waals surface area contributed by atoms with Gasteiger partial charge in [0.15, 0.2) is 0 Å². The van der Waals surface area contributed by atoms with Crippen LogP contribution in [-0.2, 0) is 16.0 Å². The molecule has 2 heterocycles. The van der Waals surface area contributed by atoms with Crippen molar-refractivity contribution < 1.29 is 13.9 Å². The van der Waals surface area contributed by atoms with Crippen LogP contribution < -0.4 is 5.32 Å². The van der Waals surface area contributed by atoms with Crippen LogP contribution in [0.25, 0.3) is 5.76 Å². The normalized spacial score (nSPS) is 19.2. The fourth-order valence-corrected chi connectivity index (χ4v) is 4.34. The zero-order valence-corrected chi connectivity index (χ0v) is 17.3. The molecule has 1 saturated heterocycles. The van der Waals surface area contributed by atoms with Crippen molar-refractivity contribution in [3.63, 3.8) is 0 Å². The van der Waals surface area contributed by atoms with Gasteiger partial charge in [-0.25, -0.2) is 4.39 Å². The summed E-state index contributed by atoms with van der Waals surface area (Å²) in [4.78, 5) is 14.2. The topological polar surface area (TPSA) is 41.6 Å². The SMILES string of the molecule is O=CC1NC(Cc2ccccc2)=C(OCCCN2CCCCC2)c2ccc(F)cc21. The smallest absolute Gasteiger partial charge is 0.146 e. The largest absolute Gasteiger partial charge is 0.491 e. The maximum absolute atomic E-state index is 13.9. The molecule has 2 aromatic carbocycles. The quantitative estimate of drug-likeness (QED) is 0.517. The van der Waals surface area contributed by atoms with Crippen LogP contribution in [0, 0.1) is 5.82 Å². The summed E-state index contributed by atoms with van der Waals surface area (Å²) >= 11 is 0. The molecule has 0 aliphatic carbocycles. The van der Waals surface area contributed by atoms with Crippen molar-refractivity contribution in [3.8, 4) is 0 Å². The Balaban J connectivity index is 1.54. The number of likely N-dealkylation sites (tertiary alicyclic amines) is 1. The van der Waals surface area contributed by atoms with Crippen LogP contribution in [0.2, 0.25) is 0 Å². The van der Waals surface area contributed by atoms with E-state index in [0.717, 1.165) is 41.8 Å². The monoisotopic (exact) mass is 408 g/mol. The van der Waals surface area contributed by atoms with E-state index >= 15 is 0 Å². The predicted octanol–water partition coefficient (Wildman–Crippen LogP) is 4.47. The van der Waals surface area contributed by atoms with E-state index in [9.17, 15) is 9.18 Å². The average Bonchev–Trinajstić information content (AvgIpc) is 2.78. The highest BCUT2D eigenvalue weighted by molar-refractivity contribution is 5.76. The van der Waals surface area contributed by atoms with E-state index in [2.05, 4.69) is 22.3 Å². The summed E-state index contributed by atoms with van der Waals surface area (Å²) in [6.07, 6.45) is 6.29. The summed E-state index contributed by atoms with van der Waals surface area (Å²) in [6, 6.07) is 14.1. The van der Waals surface area contributed by atoms with Crippen molar-refractivity contribution in [3.05, 3.63) is 76.7 Å². The molecule has 158 valence electrons. The van der Waals surface area contributed by atoms with Crippen molar-refractivity contribution in [2.75, 3.05) is 26.2 Å². The van der Waals surface area contributed by atoms with E-state index < -0.39 is 6.04 Å². The molecule has 0 amide bonds. The molecular weight excluding hydrogens is 379 g/mol. The lowest BCUT2D eigenvalue weighted by molar-refractivity contribution is -0.109. The van der Waals surface area contributed by atoms with Crippen LogP contribution in [0.1, 0.15) is 48.4 Å². The van der Waals surface area contributed by atoms with Gasteiger partial charge in [-0.1, -0.05) is 36.8 Å². The maximum atomic E-state index is 13.9. The van der Waals surface area contributed by atoms with Gasteiger partial charge in [0.2, 0.25) is 0 Å². The molecule has 1 fully saturated rings. The van der Waals surface area contributed by atoms with Gasteiger partial charge in [-0.2, -0.15) is 0 Å². The maximum Gasteiger partial charge on any atom is 0.146 e. The molecule has 0 saturated carbocycles. The number of nitrogens with zero attached hydrogens (tertiary/aromatic N) is 1. The molecule has 0 aromatic heterocycles. The summed E-state index contributed by atoms with van der Waals surface area (Å²) < 4.78 is 20.2. The number of aldehydes is 1. The Hall–Kier alpha value is -2.66. The second-order valence-corrected chi connectivity index (χ2v) is 8.06. The van der Waals surface area contributed by atoms with Gasteiger partial charge in [0, 0.05) is 18.5 Å². The van der Waals surface area contributed by atoms with Crippen LogP contribution >= 0.6 is 0 Å². The molecule has 1 atom stereocenters. The van der Waals surface area contributed by atoms with E-state index in [4.69, 9.17) is 4.74 Å². The molecule has 2 aromatic rings. The molecule has 30 heavy (non-hydrogen) atoms. The lowest BCUT2D eigenvalue weighted by Gasteiger charge is -2.30. The molecule has 1 unspecified atom stereocenters. The second kappa shape index (κ2) is 9.90. The summed E-state index contributed by atoms with van der Waals surface area (Å²) in [7, 11) is 0. The molecule has 0 bridgehead atoms. The summed E-state index contributed by atoms with van der Waals surface area (Å²) in [5.41, 5.74) is 3.43. The Labute approximate surface area is 177 Å². The Kier molecular flexibility index (Phi) is 6.80. The lowest BCUT2D eigenvalue weighted by Crippen LogP contribution is -2.32. The Morgan fingerprint density at radius 3 is 2.67 bits per heavy atom. The zero-order valence-electron chi connectivity index (χ0n) is 17.3. The molecular formula is C25H29FN2O2. The first-order valence-corrected chi connectivity index (χ1v) is 10.9. The average molecular weight is 409 g/mol. The minimum Gasteiger partial charge on any atom is -0.491 e. The van der Waals surface area contributed by atoms with Gasteiger partial charge < -0.3 is 19.7 Å². The summed E-state index contributed by atoms with van der Waals surface area (Å²) in [5.74, 6) is 0.379. The highest BCUT2D eigenvalue weighted by Gasteiger charge is 2.27. The first-order valence-electron chi connectivity index (χ1n) is 10.9. The zero-order chi connectivity index (χ0) is 20.8. The van der Waals surface area contributed by atoms with Gasteiger partial charge in [-0.3, -0.25) is 0 Å². The van der Waals surface area contributed by atoms with Crippen molar-refractivity contribution in [2.24, 2.45) is 0 Å².